The summed E-state index contributed by atoms with van der Waals surface area (Å²) in [6, 6.07) is 11.6. The largest absolute Gasteiger partial charge is 0.508 e. The van der Waals surface area contributed by atoms with Crippen LogP contribution >= 0.6 is 11.6 Å². The lowest BCUT2D eigenvalue weighted by Gasteiger charge is -2.25. The minimum Gasteiger partial charge on any atom is -0.508 e. The maximum atomic E-state index is 12.4. The van der Waals surface area contributed by atoms with E-state index >= 15 is 0 Å². The van der Waals surface area contributed by atoms with Gasteiger partial charge in [-0.25, -0.2) is 0 Å². The number of aromatic hydroxyl groups is 1. The predicted molar refractivity (Wildman–Crippen MR) is 73.5 cm³/mol. The molecule has 0 aromatic heterocycles. The minimum atomic E-state index is -0.366. The lowest BCUT2D eigenvalue weighted by Crippen LogP contribution is -2.34. The van der Waals surface area contributed by atoms with Gasteiger partial charge in [0.1, 0.15) is 5.75 Å². The van der Waals surface area contributed by atoms with E-state index in [9.17, 15) is 9.90 Å². The standard InChI is InChI=1S/C15H12ClNO2/c16-11-3-6-13-10(7-11)8-17-14(15(13)19)9-1-4-12(18)5-2-9/h1-7,14,17-18H,8H2. The number of rotatable bonds is 1. The molecule has 0 amide bonds. The molecule has 3 nitrogen and oxygen atoms in total. The average Bonchev–Trinajstić information content (AvgIpc) is 2.40. The van der Waals surface area contributed by atoms with Gasteiger partial charge in [-0.1, -0.05) is 23.7 Å². The molecular weight excluding hydrogens is 262 g/mol. The number of Topliss-reactive ketones (excluding diaryl/α,β-unsaturated/α-hetero) is 1. The average molecular weight is 274 g/mol. The molecule has 19 heavy (non-hydrogen) atoms. The van der Waals surface area contributed by atoms with Crippen molar-refractivity contribution in [2.24, 2.45) is 0 Å². The molecule has 2 aromatic rings. The summed E-state index contributed by atoms with van der Waals surface area (Å²) in [6.07, 6.45) is 0. The van der Waals surface area contributed by atoms with Crippen molar-refractivity contribution in [3.05, 3.63) is 64.2 Å². The maximum Gasteiger partial charge on any atom is 0.184 e. The zero-order valence-corrected chi connectivity index (χ0v) is 10.8. The van der Waals surface area contributed by atoms with Crippen molar-refractivity contribution in [1.29, 1.82) is 0 Å². The lowest BCUT2D eigenvalue weighted by molar-refractivity contribution is 0.0930. The molecule has 1 heterocycles. The highest BCUT2D eigenvalue weighted by atomic mass is 35.5. The van der Waals surface area contributed by atoms with Crippen LogP contribution in [0.5, 0.6) is 5.75 Å². The Kier molecular flexibility index (Phi) is 3.01. The Morgan fingerprint density at radius 3 is 2.63 bits per heavy atom. The second kappa shape index (κ2) is 4.68. The molecule has 1 aliphatic heterocycles. The minimum absolute atomic E-state index is 0.0311. The van der Waals surface area contributed by atoms with Gasteiger partial charge in [0.25, 0.3) is 0 Å². The number of benzene rings is 2. The Bertz CT molecular complexity index is 637. The first-order valence-electron chi connectivity index (χ1n) is 6.00. The van der Waals surface area contributed by atoms with Crippen LogP contribution in [-0.2, 0) is 6.54 Å². The summed E-state index contributed by atoms with van der Waals surface area (Å²) in [6.45, 7) is 0.604. The Hall–Kier alpha value is -1.84. The molecule has 4 heteroatoms. The highest BCUT2D eigenvalue weighted by Crippen LogP contribution is 2.28. The molecule has 96 valence electrons. The fourth-order valence-electron chi connectivity index (χ4n) is 2.35. The van der Waals surface area contributed by atoms with Crippen LogP contribution in [-0.4, -0.2) is 10.9 Å². The van der Waals surface area contributed by atoms with Gasteiger partial charge in [-0.15, -0.1) is 0 Å². The molecule has 0 bridgehead atoms. The van der Waals surface area contributed by atoms with Crippen molar-refractivity contribution < 1.29 is 9.90 Å². The number of hydrogen-bond donors (Lipinski definition) is 2. The van der Waals surface area contributed by atoms with E-state index in [0.29, 0.717) is 17.1 Å². The third kappa shape index (κ3) is 2.23. The monoisotopic (exact) mass is 273 g/mol. The summed E-state index contributed by atoms with van der Waals surface area (Å²) in [4.78, 5) is 12.4. The summed E-state index contributed by atoms with van der Waals surface area (Å²) in [5.74, 6) is 0.225. The molecule has 1 atom stereocenters. The highest BCUT2D eigenvalue weighted by Gasteiger charge is 2.28. The maximum absolute atomic E-state index is 12.4. The van der Waals surface area contributed by atoms with E-state index < -0.39 is 0 Å². The highest BCUT2D eigenvalue weighted by molar-refractivity contribution is 6.30. The molecule has 0 saturated heterocycles. The van der Waals surface area contributed by atoms with Gasteiger partial charge >= 0.3 is 0 Å². The zero-order chi connectivity index (χ0) is 13.4. The summed E-state index contributed by atoms with van der Waals surface area (Å²) < 4.78 is 0. The fraction of sp³-hybridized carbons (Fsp3) is 0.133. The van der Waals surface area contributed by atoms with Gasteiger partial charge in [0.2, 0.25) is 0 Å². The first-order chi connectivity index (χ1) is 9.15. The van der Waals surface area contributed by atoms with E-state index in [1.807, 2.05) is 6.07 Å². The SMILES string of the molecule is O=C1c2ccc(Cl)cc2CNC1c1ccc(O)cc1. The summed E-state index contributed by atoms with van der Waals surface area (Å²) in [7, 11) is 0. The van der Waals surface area contributed by atoms with Crippen molar-refractivity contribution in [3.63, 3.8) is 0 Å². The van der Waals surface area contributed by atoms with Crippen LogP contribution in [0.15, 0.2) is 42.5 Å². The number of halogens is 1. The molecule has 2 N–H and O–H groups in total. The van der Waals surface area contributed by atoms with Gasteiger partial charge in [-0.3, -0.25) is 10.1 Å². The second-order valence-electron chi connectivity index (χ2n) is 4.57. The van der Waals surface area contributed by atoms with Gasteiger partial charge in [-0.05, 0) is 41.5 Å². The van der Waals surface area contributed by atoms with Crippen molar-refractivity contribution in [2.75, 3.05) is 0 Å². The molecule has 0 spiro atoms. The first-order valence-corrected chi connectivity index (χ1v) is 6.38. The number of nitrogens with one attached hydrogen (secondary N) is 1. The van der Waals surface area contributed by atoms with Gasteiger partial charge in [0.15, 0.2) is 5.78 Å². The number of hydrogen-bond acceptors (Lipinski definition) is 3. The van der Waals surface area contributed by atoms with E-state index in [-0.39, 0.29) is 17.6 Å². The number of phenols is 1. The van der Waals surface area contributed by atoms with E-state index in [0.717, 1.165) is 11.1 Å². The Morgan fingerprint density at radius 2 is 1.89 bits per heavy atom. The van der Waals surface area contributed by atoms with E-state index in [4.69, 9.17) is 11.6 Å². The summed E-state index contributed by atoms with van der Waals surface area (Å²) in [5, 5.41) is 13.1. The Labute approximate surface area is 115 Å². The van der Waals surface area contributed by atoms with Crippen LogP contribution < -0.4 is 5.32 Å². The van der Waals surface area contributed by atoms with Crippen LogP contribution in [0.25, 0.3) is 0 Å². The number of carbonyl (C=O) groups excluding carboxylic acids is 1. The zero-order valence-electron chi connectivity index (χ0n) is 10.1. The predicted octanol–water partition coefficient (Wildman–Crippen LogP) is 3.07. The van der Waals surface area contributed by atoms with Crippen LogP contribution in [0.1, 0.15) is 27.5 Å². The first kappa shape index (κ1) is 12.2. The van der Waals surface area contributed by atoms with Crippen molar-refractivity contribution >= 4 is 17.4 Å². The molecule has 3 rings (SSSR count). The van der Waals surface area contributed by atoms with Crippen molar-refractivity contribution in [2.45, 2.75) is 12.6 Å². The molecule has 0 fully saturated rings. The van der Waals surface area contributed by atoms with E-state index in [2.05, 4.69) is 5.32 Å². The number of fused-ring (bicyclic) bond motifs is 1. The topological polar surface area (TPSA) is 49.3 Å². The van der Waals surface area contributed by atoms with Gasteiger partial charge < -0.3 is 5.11 Å². The van der Waals surface area contributed by atoms with Gasteiger partial charge in [-0.2, -0.15) is 0 Å². The lowest BCUT2D eigenvalue weighted by atomic mass is 9.90. The summed E-state index contributed by atoms with van der Waals surface area (Å²) >= 11 is 5.93. The molecule has 1 unspecified atom stereocenters. The molecule has 0 aliphatic carbocycles. The van der Waals surface area contributed by atoms with Crippen LogP contribution in [0, 0.1) is 0 Å². The van der Waals surface area contributed by atoms with Gasteiger partial charge in [0.05, 0.1) is 6.04 Å². The number of ketones is 1. The fourth-order valence-corrected chi connectivity index (χ4v) is 2.54. The Balaban J connectivity index is 1.97. The molecule has 1 aliphatic rings. The third-order valence-electron chi connectivity index (χ3n) is 3.32. The summed E-state index contributed by atoms with van der Waals surface area (Å²) in [5.41, 5.74) is 2.48. The smallest absolute Gasteiger partial charge is 0.184 e. The van der Waals surface area contributed by atoms with Crippen LogP contribution in [0.4, 0.5) is 0 Å². The van der Waals surface area contributed by atoms with E-state index in [1.54, 1.807) is 36.4 Å². The third-order valence-corrected chi connectivity index (χ3v) is 3.55. The van der Waals surface area contributed by atoms with Gasteiger partial charge in [0, 0.05) is 17.1 Å². The van der Waals surface area contributed by atoms with Crippen molar-refractivity contribution in [1.82, 2.24) is 5.32 Å². The number of carbonyl (C=O) groups is 1. The van der Waals surface area contributed by atoms with Crippen LogP contribution in [0.2, 0.25) is 5.02 Å². The van der Waals surface area contributed by atoms with E-state index in [1.165, 1.54) is 0 Å². The quantitative estimate of drug-likeness (QED) is 0.839. The molecule has 0 radical (unpaired) electrons. The molecule has 0 saturated carbocycles. The van der Waals surface area contributed by atoms with Crippen molar-refractivity contribution in [3.8, 4) is 5.75 Å². The molecule has 2 aromatic carbocycles. The number of phenolic OH excluding ortho intramolecular Hbond substituents is 1. The van der Waals surface area contributed by atoms with Crippen LogP contribution in [0.3, 0.4) is 0 Å². The molecular formula is C15H12ClNO2. The second-order valence-corrected chi connectivity index (χ2v) is 5.01. The Morgan fingerprint density at radius 1 is 1.16 bits per heavy atom. The normalized spacial score (nSPS) is 18.2.